The van der Waals surface area contributed by atoms with Crippen molar-refractivity contribution in [2.45, 2.75) is 6.42 Å². The number of nitrogens with zero attached hydrogens (tertiary/aromatic N) is 1. The van der Waals surface area contributed by atoms with E-state index < -0.39 is 0 Å². The summed E-state index contributed by atoms with van der Waals surface area (Å²) in [5.74, 6) is 0.792. The summed E-state index contributed by atoms with van der Waals surface area (Å²) in [5.41, 5.74) is 9.24. The van der Waals surface area contributed by atoms with Gasteiger partial charge in [0.15, 0.2) is 0 Å². The van der Waals surface area contributed by atoms with Gasteiger partial charge >= 0.3 is 0 Å². The quantitative estimate of drug-likeness (QED) is 0.221. The number of H-pyrrole nitrogens is 1. The van der Waals surface area contributed by atoms with Gasteiger partial charge in [0, 0.05) is 51.7 Å². The number of fused-ring (bicyclic) bond motifs is 3. The van der Waals surface area contributed by atoms with Crippen molar-refractivity contribution in [1.82, 2.24) is 4.98 Å². The summed E-state index contributed by atoms with van der Waals surface area (Å²) in [5, 5.41) is 6.28. The van der Waals surface area contributed by atoms with E-state index in [1.807, 2.05) is 54.6 Å². The topological polar surface area (TPSA) is 75.4 Å². The minimum Gasteiger partial charge on any atom is -0.491 e. The Kier molecular flexibility index (Phi) is 5.35. The van der Waals surface area contributed by atoms with Gasteiger partial charge < -0.3 is 20.8 Å². The molecule has 6 heteroatoms. The first-order valence-corrected chi connectivity index (χ1v) is 9.52. The summed E-state index contributed by atoms with van der Waals surface area (Å²) in [6.07, 6.45) is 2.11. The summed E-state index contributed by atoms with van der Waals surface area (Å²) < 4.78 is 6.09. The SMILES string of the molecule is NC=NCCCOc1cc(Nc2ccccc2)cc2c1[nH]c1ccc(Cl)cc12. The molecular formula is C22H21ClN4O. The molecule has 4 aromatic rings. The number of hydrogen-bond donors (Lipinski definition) is 3. The molecule has 0 fully saturated rings. The Bertz CT molecular complexity index is 1120. The molecule has 0 saturated heterocycles. The predicted octanol–water partition coefficient (Wildman–Crippen LogP) is 5.47. The van der Waals surface area contributed by atoms with Crippen molar-refractivity contribution in [3.63, 3.8) is 0 Å². The van der Waals surface area contributed by atoms with Crippen LogP contribution in [-0.2, 0) is 0 Å². The molecule has 0 atom stereocenters. The molecule has 0 aliphatic heterocycles. The maximum Gasteiger partial charge on any atom is 0.145 e. The fourth-order valence-electron chi connectivity index (χ4n) is 3.23. The highest BCUT2D eigenvalue weighted by atomic mass is 35.5. The molecule has 0 aliphatic carbocycles. The van der Waals surface area contributed by atoms with E-state index >= 15 is 0 Å². The molecule has 0 amide bonds. The van der Waals surface area contributed by atoms with Crippen LogP contribution in [0.3, 0.4) is 0 Å². The summed E-state index contributed by atoms with van der Waals surface area (Å²) >= 11 is 6.23. The van der Waals surface area contributed by atoms with E-state index in [9.17, 15) is 0 Å². The molecule has 0 saturated carbocycles. The van der Waals surface area contributed by atoms with Crippen LogP contribution >= 0.6 is 11.6 Å². The van der Waals surface area contributed by atoms with E-state index in [1.165, 1.54) is 6.34 Å². The summed E-state index contributed by atoms with van der Waals surface area (Å²) in [7, 11) is 0. The highest BCUT2D eigenvalue weighted by Crippen LogP contribution is 2.36. The molecule has 142 valence electrons. The zero-order chi connectivity index (χ0) is 19.3. The highest BCUT2D eigenvalue weighted by molar-refractivity contribution is 6.32. The number of benzene rings is 3. The fourth-order valence-corrected chi connectivity index (χ4v) is 3.40. The van der Waals surface area contributed by atoms with Crippen LogP contribution in [0.15, 0.2) is 65.7 Å². The number of halogens is 1. The molecule has 28 heavy (non-hydrogen) atoms. The molecule has 3 aromatic carbocycles. The van der Waals surface area contributed by atoms with Crippen LogP contribution in [0.2, 0.25) is 5.02 Å². The van der Waals surface area contributed by atoms with Crippen molar-refractivity contribution in [3.05, 3.63) is 65.7 Å². The molecule has 4 N–H and O–H groups in total. The average Bonchev–Trinajstić information content (AvgIpc) is 3.07. The second kappa shape index (κ2) is 8.23. The Morgan fingerprint density at radius 1 is 1.04 bits per heavy atom. The second-order valence-electron chi connectivity index (χ2n) is 6.46. The normalized spacial score (nSPS) is 11.5. The van der Waals surface area contributed by atoms with Gasteiger partial charge in [-0.2, -0.15) is 0 Å². The maximum atomic E-state index is 6.23. The first kappa shape index (κ1) is 18.2. The Hall–Kier alpha value is -3.18. The van der Waals surface area contributed by atoms with Gasteiger partial charge in [-0.3, -0.25) is 4.99 Å². The third-order valence-electron chi connectivity index (χ3n) is 4.49. The number of rotatable bonds is 7. The Balaban J connectivity index is 1.74. The molecule has 5 nitrogen and oxygen atoms in total. The number of aromatic nitrogens is 1. The van der Waals surface area contributed by atoms with Crippen LogP contribution in [0.4, 0.5) is 11.4 Å². The summed E-state index contributed by atoms with van der Waals surface area (Å²) in [6, 6.07) is 20.0. The van der Waals surface area contributed by atoms with Gasteiger partial charge in [-0.15, -0.1) is 0 Å². The van der Waals surface area contributed by atoms with E-state index in [0.717, 1.165) is 45.4 Å². The molecule has 0 bridgehead atoms. The molecule has 1 heterocycles. The van der Waals surface area contributed by atoms with E-state index in [2.05, 4.69) is 21.4 Å². The molecule has 0 spiro atoms. The van der Waals surface area contributed by atoms with Crippen LogP contribution < -0.4 is 15.8 Å². The van der Waals surface area contributed by atoms with Gasteiger partial charge in [0.25, 0.3) is 0 Å². The standard InChI is InChI=1S/C22H21ClN4O/c23-15-7-8-20-18(11-15)19-12-17(26-16-5-2-1-3-6-16)13-21(22(19)27-20)28-10-4-9-25-14-24/h1-3,5-8,11-14,26-27H,4,9-10H2,(H2,24,25). The van der Waals surface area contributed by atoms with E-state index in [1.54, 1.807) is 0 Å². The maximum absolute atomic E-state index is 6.23. The smallest absolute Gasteiger partial charge is 0.145 e. The fraction of sp³-hybridized carbons (Fsp3) is 0.136. The Morgan fingerprint density at radius 3 is 2.71 bits per heavy atom. The molecule has 1 aromatic heterocycles. The number of ether oxygens (including phenoxy) is 1. The predicted molar refractivity (Wildman–Crippen MR) is 118 cm³/mol. The molecular weight excluding hydrogens is 372 g/mol. The van der Waals surface area contributed by atoms with Gasteiger partial charge in [0.05, 0.1) is 18.5 Å². The molecule has 0 radical (unpaired) electrons. The number of aliphatic imine (C=N–C) groups is 1. The van der Waals surface area contributed by atoms with Gasteiger partial charge in [-0.25, -0.2) is 0 Å². The van der Waals surface area contributed by atoms with Crippen LogP contribution in [0.5, 0.6) is 5.75 Å². The van der Waals surface area contributed by atoms with Crippen LogP contribution in [0, 0.1) is 0 Å². The average molecular weight is 393 g/mol. The van der Waals surface area contributed by atoms with Crippen molar-refractivity contribution in [2.24, 2.45) is 10.7 Å². The largest absolute Gasteiger partial charge is 0.491 e. The number of nitrogens with two attached hydrogens (primary N) is 1. The lowest BCUT2D eigenvalue weighted by Crippen LogP contribution is -2.01. The zero-order valence-corrected chi connectivity index (χ0v) is 16.0. The first-order valence-electron chi connectivity index (χ1n) is 9.14. The molecule has 4 rings (SSSR count). The number of aromatic amines is 1. The lowest BCUT2D eigenvalue weighted by atomic mass is 10.1. The summed E-state index contributed by atoms with van der Waals surface area (Å²) in [4.78, 5) is 7.48. The Morgan fingerprint density at radius 2 is 1.89 bits per heavy atom. The minimum absolute atomic E-state index is 0.553. The highest BCUT2D eigenvalue weighted by Gasteiger charge is 2.12. The van der Waals surface area contributed by atoms with Gasteiger partial charge in [-0.05, 0) is 36.4 Å². The molecule has 0 unspecified atom stereocenters. The number of nitrogens with one attached hydrogen (secondary N) is 2. The zero-order valence-electron chi connectivity index (χ0n) is 15.3. The number of hydrogen-bond acceptors (Lipinski definition) is 3. The Labute approximate surface area is 168 Å². The first-order chi connectivity index (χ1) is 13.7. The van der Waals surface area contributed by atoms with Gasteiger partial charge in [-0.1, -0.05) is 29.8 Å². The van der Waals surface area contributed by atoms with Crippen molar-refractivity contribution >= 4 is 51.1 Å². The van der Waals surface area contributed by atoms with Crippen molar-refractivity contribution in [1.29, 1.82) is 0 Å². The van der Waals surface area contributed by atoms with E-state index in [-0.39, 0.29) is 0 Å². The van der Waals surface area contributed by atoms with Crippen LogP contribution in [0.25, 0.3) is 21.8 Å². The minimum atomic E-state index is 0.553. The third kappa shape index (κ3) is 3.89. The van der Waals surface area contributed by atoms with Crippen LogP contribution in [-0.4, -0.2) is 24.5 Å². The van der Waals surface area contributed by atoms with Crippen molar-refractivity contribution < 1.29 is 4.74 Å². The lowest BCUT2D eigenvalue weighted by Gasteiger charge is -2.11. The summed E-state index contributed by atoms with van der Waals surface area (Å²) in [6.45, 7) is 1.20. The molecule has 0 aliphatic rings. The number of para-hydroxylation sites is 1. The number of anilines is 2. The van der Waals surface area contributed by atoms with Gasteiger partial charge in [0.1, 0.15) is 5.75 Å². The lowest BCUT2D eigenvalue weighted by molar-refractivity contribution is 0.317. The van der Waals surface area contributed by atoms with Crippen molar-refractivity contribution in [2.75, 3.05) is 18.5 Å². The second-order valence-corrected chi connectivity index (χ2v) is 6.90. The van der Waals surface area contributed by atoms with E-state index in [4.69, 9.17) is 22.1 Å². The van der Waals surface area contributed by atoms with Crippen LogP contribution in [0.1, 0.15) is 6.42 Å². The van der Waals surface area contributed by atoms with Gasteiger partial charge in [0.2, 0.25) is 0 Å². The van der Waals surface area contributed by atoms with Crippen molar-refractivity contribution in [3.8, 4) is 5.75 Å². The third-order valence-corrected chi connectivity index (χ3v) is 4.73. The monoisotopic (exact) mass is 392 g/mol. The van der Waals surface area contributed by atoms with E-state index in [0.29, 0.717) is 18.2 Å².